The molecule has 1 aromatic rings. The molecule has 136 valence electrons. The number of ether oxygens (including phenoxy) is 1. The van der Waals surface area contributed by atoms with Gasteiger partial charge in [-0.05, 0) is 31.9 Å². The molecule has 10 heteroatoms. The molecule has 0 spiro atoms. The Morgan fingerprint density at radius 2 is 2.21 bits per heavy atom. The third-order valence-electron chi connectivity index (χ3n) is 3.68. The fourth-order valence-electron chi connectivity index (χ4n) is 2.35. The molecule has 1 aliphatic rings. The van der Waals surface area contributed by atoms with E-state index in [0.717, 1.165) is 30.8 Å². The molecule has 0 saturated carbocycles. The number of hydrogen-bond acceptors (Lipinski definition) is 5. The molecule has 0 radical (unpaired) electrons. The van der Waals surface area contributed by atoms with E-state index in [1.165, 1.54) is 6.07 Å². The van der Waals surface area contributed by atoms with Crippen molar-refractivity contribution in [2.75, 3.05) is 33.3 Å². The number of thiophene rings is 1. The standard InChI is InChI=1S/C14H23ClN4O3S2/c1-14(6-3-9-22-14)10-18-13(16-2)17-7-8-19-24(20,21)12-5-4-11(15)23-12/h4-5,19H,3,6-10H2,1-2H3,(H2,16,17,18). The zero-order chi connectivity index (χ0) is 17.6. The highest BCUT2D eigenvalue weighted by atomic mass is 35.5. The predicted molar refractivity (Wildman–Crippen MR) is 97.5 cm³/mol. The normalized spacial score (nSPS) is 21.9. The van der Waals surface area contributed by atoms with Crippen LogP contribution >= 0.6 is 22.9 Å². The van der Waals surface area contributed by atoms with Crippen LogP contribution in [-0.4, -0.2) is 53.3 Å². The fourth-order valence-corrected chi connectivity index (χ4v) is 4.91. The highest BCUT2D eigenvalue weighted by Gasteiger charge is 2.29. The Labute approximate surface area is 151 Å². The van der Waals surface area contributed by atoms with Gasteiger partial charge in [0.15, 0.2) is 5.96 Å². The number of hydrogen-bond donors (Lipinski definition) is 3. The second-order valence-electron chi connectivity index (χ2n) is 5.71. The number of nitrogens with one attached hydrogen (secondary N) is 3. The van der Waals surface area contributed by atoms with Crippen molar-refractivity contribution < 1.29 is 13.2 Å². The molecule has 0 aliphatic carbocycles. The van der Waals surface area contributed by atoms with E-state index >= 15 is 0 Å². The minimum Gasteiger partial charge on any atom is -0.373 e. The number of aliphatic imine (C=N–C) groups is 1. The second kappa shape index (κ2) is 8.48. The van der Waals surface area contributed by atoms with Gasteiger partial charge < -0.3 is 15.4 Å². The van der Waals surface area contributed by atoms with E-state index in [0.29, 0.717) is 23.4 Å². The molecule has 1 unspecified atom stereocenters. The molecule has 1 aliphatic heterocycles. The zero-order valence-electron chi connectivity index (χ0n) is 13.8. The maximum absolute atomic E-state index is 12.1. The highest BCUT2D eigenvalue weighted by Crippen LogP contribution is 2.25. The van der Waals surface area contributed by atoms with Crippen molar-refractivity contribution in [3.8, 4) is 0 Å². The third-order valence-corrected chi connectivity index (χ3v) is 6.86. The number of guanidine groups is 1. The molecular weight excluding hydrogens is 372 g/mol. The Bertz CT molecular complexity index is 669. The first-order chi connectivity index (χ1) is 11.3. The lowest BCUT2D eigenvalue weighted by Gasteiger charge is -2.24. The van der Waals surface area contributed by atoms with E-state index in [1.54, 1.807) is 13.1 Å². The summed E-state index contributed by atoms with van der Waals surface area (Å²) in [5.74, 6) is 0.616. The van der Waals surface area contributed by atoms with Crippen LogP contribution in [-0.2, 0) is 14.8 Å². The smallest absolute Gasteiger partial charge is 0.250 e. The summed E-state index contributed by atoms with van der Waals surface area (Å²) in [6.45, 7) is 4.17. The average molecular weight is 395 g/mol. The summed E-state index contributed by atoms with van der Waals surface area (Å²) in [4.78, 5) is 4.12. The van der Waals surface area contributed by atoms with Crippen LogP contribution in [0.3, 0.4) is 0 Å². The molecular formula is C14H23ClN4O3S2. The lowest BCUT2D eigenvalue weighted by Crippen LogP contribution is -2.47. The maximum Gasteiger partial charge on any atom is 0.250 e. The van der Waals surface area contributed by atoms with Crippen LogP contribution in [0.2, 0.25) is 4.34 Å². The van der Waals surface area contributed by atoms with E-state index < -0.39 is 10.0 Å². The molecule has 7 nitrogen and oxygen atoms in total. The lowest BCUT2D eigenvalue weighted by molar-refractivity contribution is 0.0243. The van der Waals surface area contributed by atoms with Gasteiger partial charge in [-0.1, -0.05) is 11.6 Å². The first kappa shape index (κ1) is 19.5. The molecule has 1 atom stereocenters. The van der Waals surface area contributed by atoms with E-state index in [4.69, 9.17) is 16.3 Å². The minimum atomic E-state index is -3.52. The number of rotatable bonds is 7. The van der Waals surface area contributed by atoms with Gasteiger partial charge in [0.25, 0.3) is 0 Å². The molecule has 1 saturated heterocycles. The van der Waals surface area contributed by atoms with E-state index in [2.05, 4.69) is 27.3 Å². The lowest BCUT2D eigenvalue weighted by atomic mass is 10.0. The predicted octanol–water partition coefficient (Wildman–Crippen LogP) is 1.41. The van der Waals surface area contributed by atoms with Gasteiger partial charge in [0.05, 0.1) is 9.94 Å². The van der Waals surface area contributed by atoms with E-state index in [9.17, 15) is 8.42 Å². The van der Waals surface area contributed by atoms with Crippen LogP contribution in [0.1, 0.15) is 19.8 Å². The number of nitrogens with zero attached hydrogens (tertiary/aromatic N) is 1. The largest absolute Gasteiger partial charge is 0.373 e. The molecule has 0 bridgehead atoms. The summed E-state index contributed by atoms with van der Waals surface area (Å²) in [7, 11) is -1.84. The quantitative estimate of drug-likeness (QED) is 0.369. The third kappa shape index (κ3) is 5.59. The first-order valence-electron chi connectivity index (χ1n) is 7.68. The van der Waals surface area contributed by atoms with E-state index in [-0.39, 0.29) is 16.4 Å². The van der Waals surface area contributed by atoms with Crippen LogP contribution < -0.4 is 15.4 Å². The maximum atomic E-state index is 12.1. The fraction of sp³-hybridized carbons (Fsp3) is 0.643. The van der Waals surface area contributed by atoms with Gasteiger partial charge in [0.1, 0.15) is 4.21 Å². The van der Waals surface area contributed by atoms with Crippen LogP contribution in [0.4, 0.5) is 0 Å². The zero-order valence-corrected chi connectivity index (χ0v) is 16.2. The first-order valence-corrected chi connectivity index (χ1v) is 10.4. The summed E-state index contributed by atoms with van der Waals surface area (Å²) in [5.41, 5.74) is -0.169. The van der Waals surface area contributed by atoms with Gasteiger partial charge in [0, 0.05) is 33.3 Å². The van der Waals surface area contributed by atoms with Crippen molar-refractivity contribution in [2.45, 2.75) is 29.6 Å². The van der Waals surface area contributed by atoms with Crippen LogP contribution in [0.5, 0.6) is 0 Å². The van der Waals surface area contributed by atoms with Gasteiger partial charge in [-0.25, -0.2) is 13.1 Å². The summed E-state index contributed by atoms with van der Waals surface area (Å²) in [6.07, 6.45) is 2.08. The van der Waals surface area contributed by atoms with Crippen molar-refractivity contribution in [2.24, 2.45) is 4.99 Å². The number of sulfonamides is 1. The average Bonchev–Trinajstić information content (AvgIpc) is 3.16. The van der Waals surface area contributed by atoms with Gasteiger partial charge in [-0.3, -0.25) is 4.99 Å². The van der Waals surface area contributed by atoms with Gasteiger partial charge in [-0.2, -0.15) is 0 Å². The molecule has 0 aromatic carbocycles. The Morgan fingerprint density at radius 3 is 2.79 bits per heavy atom. The van der Waals surface area contributed by atoms with Crippen LogP contribution in [0.15, 0.2) is 21.3 Å². The Balaban J connectivity index is 1.72. The number of halogens is 1. The van der Waals surface area contributed by atoms with Gasteiger partial charge in [0.2, 0.25) is 10.0 Å². The monoisotopic (exact) mass is 394 g/mol. The molecule has 24 heavy (non-hydrogen) atoms. The second-order valence-corrected chi connectivity index (χ2v) is 9.42. The summed E-state index contributed by atoms with van der Waals surface area (Å²) >= 11 is 6.80. The minimum absolute atomic E-state index is 0.169. The topological polar surface area (TPSA) is 91.8 Å². The van der Waals surface area contributed by atoms with Crippen molar-refractivity contribution >= 4 is 38.9 Å². The van der Waals surface area contributed by atoms with Crippen LogP contribution in [0.25, 0.3) is 0 Å². The molecule has 3 N–H and O–H groups in total. The molecule has 1 fully saturated rings. The SMILES string of the molecule is CN=C(NCCNS(=O)(=O)c1ccc(Cl)s1)NCC1(C)CCCO1. The molecule has 1 aromatic heterocycles. The highest BCUT2D eigenvalue weighted by molar-refractivity contribution is 7.91. The van der Waals surface area contributed by atoms with Crippen LogP contribution in [0, 0.1) is 0 Å². The van der Waals surface area contributed by atoms with Crippen molar-refractivity contribution in [1.82, 2.24) is 15.4 Å². The summed E-state index contributed by atoms with van der Waals surface area (Å²) < 4.78 is 33.0. The molecule has 2 rings (SSSR count). The summed E-state index contributed by atoms with van der Waals surface area (Å²) in [6, 6.07) is 3.06. The van der Waals surface area contributed by atoms with Gasteiger partial charge >= 0.3 is 0 Å². The van der Waals surface area contributed by atoms with Crippen molar-refractivity contribution in [1.29, 1.82) is 0 Å². The van der Waals surface area contributed by atoms with Gasteiger partial charge in [-0.15, -0.1) is 11.3 Å². The van der Waals surface area contributed by atoms with E-state index in [1.807, 2.05) is 0 Å². The molecule has 0 amide bonds. The van der Waals surface area contributed by atoms with Crippen molar-refractivity contribution in [3.63, 3.8) is 0 Å². The Kier molecular flexibility index (Phi) is 6.88. The van der Waals surface area contributed by atoms with Crippen molar-refractivity contribution in [3.05, 3.63) is 16.5 Å². The Hall–Kier alpha value is -0.870. The molecule has 2 heterocycles. The summed E-state index contributed by atoms with van der Waals surface area (Å²) in [5, 5.41) is 6.28. The Morgan fingerprint density at radius 1 is 1.42 bits per heavy atom.